The predicted octanol–water partition coefficient (Wildman–Crippen LogP) is 6.94. The Balaban J connectivity index is 1.72. The van der Waals surface area contributed by atoms with Crippen LogP contribution >= 0.6 is 0 Å². The predicted molar refractivity (Wildman–Crippen MR) is 109 cm³/mol. The Kier molecular flexibility index (Phi) is 2.98. The van der Waals surface area contributed by atoms with Gasteiger partial charge in [0, 0.05) is 11.4 Å². The van der Waals surface area contributed by atoms with Crippen molar-refractivity contribution in [3.8, 4) is 0 Å². The third kappa shape index (κ3) is 2.32. The van der Waals surface area contributed by atoms with Crippen molar-refractivity contribution in [2.24, 2.45) is 0 Å². The Morgan fingerprint density at radius 3 is 1.60 bits per heavy atom. The second kappa shape index (κ2) is 5.22. The zero-order chi connectivity index (χ0) is 17.0. The second-order valence-corrected chi connectivity index (χ2v) is 7.01. The average molecular weight is 321 g/mol. The Bertz CT molecular complexity index is 1150. The van der Waals surface area contributed by atoms with Gasteiger partial charge in [-0.1, -0.05) is 48.5 Å². The molecular weight excluding hydrogens is 302 g/mol. The van der Waals surface area contributed by atoms with Gasteiger partial charge in [0.25, 0.3) is 0 Å². The molecule has 0 bridgehead atoms. The molecule has 0 fully saturated rings. The normalized spacial score (nSPS) is 11.6. The SMILES string of the molecule is Cc1cc(C)cc(Nc2cc3ccc4cccc5ccc(c2)c3c45)c1. The minimum absolute atomic E-state index is 1.14. The van der Waals surface area contributed by atoms with E-state index in [9.17, 15) is 0 Å². The average Bonchev–Trinajstić information content (AvgIpc) is 2.58. The van der Waals surface area contributed by atoms with E-state index in [0.717, 1.165) is 11.4 Å². The molecule has 0 aliphatic heterocycles. The van der Waals surface area contributed by atoms with Crippen molar-refractivity contribution in [1.29, 1.82) is 0 Å². The third-order valence-corrected chi connectivity index (χ3v) is 4.97. The fourth-order valence-corrected chi connectivity index (χ4v) is 4.04. The number of benzene rings is 5. The summed E-state index contributed by atoms with van der Waals surface area (Å²) in [5.41, 5.74) is 4.83. The highest BCUT2D eigenvalue weighted by atomic mass is 14.9. The molecule has 0 atom stereocenters. The fourth-order valence-electron chi connectivity index (χ4n) is 4.04. The summed E-state index contributed by atoms with van der Waals surface area (Å²) < 4.78 is 0. The lowest BCUT2D eigenvalue weighted by Crippen LogP contribution is -1.93. The van der Waals surface area contributed by atoms with E-state index < -0.39 is 0 Å². The number of nitrogens with one attached hydrogen (secondary N) is 1. The zero-order valence-corrected chi connectivity index (χ0v) is 14.4. The number of aryl methyl sites for hydroxylation is 2. The standard InChI is InChI=1S/C24H19N/c1-15-10-16(2)12-21(11-15)25-22-13-19-8-6-17-4-3-5-18-7-9-20(14-22)24(19)23(17)18/h3-14,25H,1-2H3. The quantitative estimate of drug-likeness (QED) is 0.347. The molecule has 0 aliphatic rings. The number of hydrogen-bond acceptors (Lipinski definition) is 1. The lowest BCUT2D eigenvalue weighted by Gasteiger charge is -2.14. The smallest absolute Gasteiger partial charge is 0.0396 e. The first kappa shape index (κ1) is 14.3. The summed E-state index contributed by atoms with van der Waals surface area (Å²) in [6, 6.07) is 26.5. The van der Waals surface area contributed by atoms with Gasteiger partial charge in [0.15, 0.2) is 0 Å². The minimum Gasteiger partial charge on any atom is -0.355 e. The van der Waals surface area contributed by atoms with Gasteiger partial charge < -0.3 is 5.32 Å². The van der Waals surface area contributed by atoms with Gasteiger partial charge in [-0.05, 0) is 81.6 Å². The summed E-state index contributed by atoms with van der Waals surface area (Å²) in [5.74, 6) is 0. The molecule has 0 aromatic heterocycles. The first-order chi connectivity index (χ1) is 12.2. The van der Waals surface area contributed by atoms with Crippen molar-refractivity contribution in [3.05, 3.63) is 83.9 Å². The zero-order valence-electron chi connectivity index (χ0n) is 14.4. The lowest BCUT2D eigenvalue weighted by atomic mass is 9.94. The van der Waals surface area contributed by atoms with E-state index in [-0.39, 0.29) is 0 Å². The van der Waals surface area contributed by atoms with Crippen LogP contribution in [0.3, 0.4) is 0 Å². The molecule has 1 heteroatoms. The number of anilines is 2. The maximum atomic E-state index is 3.59. The molecule has 0 spiro atoms. The molecule has 0 amide bonds. The van der Waals surface area contributed by atoms with E-state index in [1.54, 1.807) is 0 Å². The van der Waals surface area contributed by atoms with Crippen molar-refractivity contribution in [3.63, 3.8) is 0 Å². The van der Waals surface area contributed by atoms with E-state index in [4.69, 9.17) is 0 Å². The summed E-state index contributed by atoms with van der Waals surface area (Å²) in [7, 11) is 0. The van der Waals surface area contributed by atoms with Gasteiger partial charge in [-0.3, -0.25) is 0 Å². The molecule has 0 unspecified atom stereocenters. The van der Waals surface area contributed by atoms with Gasteiger partial charge in [0.2, 0.25) is 0 Å². The summed E-state index contributed by atoms with van der Waals surface area (Å²) in [5, 5.41) is 11.5. The van der Waals surface area contributed by atoms with E-state index in [0.29, 0.717) is 0 Å². The summed E-state index contributed by atoms with van der Waals surface area (Å²) in [6.07, 6.45) is 0. The molecule has 5 rings (SSSR count). The number of hydrogen-bond donors (Lipinski definition) is 1. The minimum atomic E-state index is 1.14. The molecule has 1 N–H and O–H groups in total. The molecule has 25 heavy (non-hydrogen) atoms. The molecule has 0 aliphatic carbocycles. The van der Waals surface area contributed by atoms with Crippen LogP contribution in [0.15, 0.2) is 72.8 Å². The Hall–Kier alpha value is -3.06. The summed E-state index contributed by atoms with van der Waals surface area (Å²) >= 11 is 0. The van der Waals surface area contributed by atoms with Crippen LogP contribution in [0, 0.1) is 13.8 Å². The second-order valence-electron chi connectivity index (χ2n) is 7.01. The molecular formula is C24H19N. The Labute approximate surface area is 147 Å². The summed E-state index contributed by atoms with van der Waals surface area (Å²) in [4.78, 5) is 0. The monoisotopic (exact) mass is 321 g/mol. The van der Waals surface area contributed by atoms with Crippen molar-refractivity contribution < 1.29 is 0 Å². The van der Waals surface area contributed by atoms with Gasteiger partial charge in [0.1, 0.15) is 0 Å². The molecule has 5 aromatic carbocycles. The van der Waals surface area contributed by atoms with Gasteiger partial charge >= 0.3 is 0 Å². The molecule has 5 aromatic rings. The summed E-state index contributed by atoms with van der Waals surface area (Å²) in [6.45, 7) is 4.28. The molecule has 0 heterocycles. The van der Waals surface area contributed by atoms with Crippen LogP contribution in [0.4, 0.5) is 11.4 Å². The third-order valence-electron chi connectivity index (χ3n) is 4.97. The molecule has 0 saturated heterocycles. The van der Waals surface area contributed by atoms with Gasteiger partial charge in [-0.15, -0.1) is 0 Å². The Morgan fingerprint density at radius 1 is 0.520 bits per heavy atom. The van der Waals surface area contributed by atoms with Crippen LogP contribution in [0.5, 0.6) is 0 Å². The van der Waals surface area contributed by atoms with Crippen LogP contribution in [0.1, 0.15) is 11.1 Å². The van der Waals surface area contributed by atoms with Crippen LogP contribution in [-0.4, -0.2) is 0 Å². The number of rotatable bonds is 2. The maximum Gasteiger partial charge on any atom is 0.0396 e. The Morgan fingerprint density at radius 2 is 1.00 bits per heavy atom. The highest BCUT2D eigenvalue weighted by molar-refractivity contribution is 6.23. The largest absolute Gasteiger partial charge is 0.355 e. The van der Waals surface area contributed by atoms with Gasteiger partial charge in [0.05, 0.1) is 0 Å². The molecule has 120 valence electrons. The van der Waals surface area contributed by atoms with Crippen LogP contribution < -0.4 is 5.32 Å². The van der Waals surface area contributed by atoms with E-state index in [1.807, 2.05) is 0 Å². The molecule has 1 nitrogen and oxygen atoms in total. The lowest BCUT2D eigenvalue weighted by molar-refractivity contribution is 1.38. The van der Waals surface area contributed by atoms with Crippen LogP contribution in [0.2, 0.25) is 0 Å². The van der Waals surface area contributed by atoms with Crippen molar-refractivity contribution in [2.75, 3.05) is 5.32 Å². The van der Waals surface area contributed by atoms with Crippen LogP contribution in [0.25, 0.3) is 32.3 Å². The molecule has 0 radical (unpaired) electrons. The van der Waals surface area contributed by atoms with E-state index in [1.165, 1.54) is 43.4 Å². The molecule has 0 saturated carbocycles. The van der Waals surface area contributed by atoms with Crippen molar-refractivity contribution >= 4 is 43.7 Å². The van der Waals surface area contributed by atoms with Crippen molar-refractivity contribution in [1.82, 2.24) is 0 Å². The highest BCUT2D eigenvalue weighted by Crippen LogP contribution is 2.36. The fraction of sp³-hybridized carbons (Fsp3) is 0.0833. The van der Waals surface area contributed by atoms with Gasteiger partial charge in [-0.25, -0.2) is 0 Å². The van der Waals surface area contributed by atoms with E-state index in [2.05, 4.69) is 92.0 Å². The van der Waals surface area contributed by atoms with Crippen molar-refractivity contribution in [2.45, 2.75) is 13.8 Å². The maximum absolute atomic E-state index is 3.59. The van der Waals surface area contributed by atoms with Crippen LogP contribution in [-0.2, 0) is 0 Å². The first-order valence-electron chi connectivity index (χ1n) is 8.70. The van der Waals surface area contributed by atoms with Gasteiger partial charge in [-0.2, -0.15) is 0 Å². The first-order valence-corrected chi connectivity index (χ1v) is 8.70. The highest BCUT2D eigenvalue weighted by Gasteiger charge is 2.09. The van der Waals surface area contributed by atoms with E-state index >= 15 is 0 Å². The topological polar surface area (TPSA) is 12.0 Å².